The summed E-state index contributed by atoms with van der Waals surface area (Å²) in [4.78, 5) is 23.3. The van der Waals surface area contributed by atoms with Gasteiger partial charge in [-0.2, -0.15) is 0 Å². The van der Waals surface area contributed by atoms with Crippen LogP contribution in [0.15, 0.2) is 0 Å². The highest BCUT2D eigenvalue weighted by Gasteiger charge is 2.27. The minimum atomic E-state index is -0.245. The predicted octanol–water partition coefficient (Wildman–Crippen LogP) is 1.37. The lowest BCUT2D eigenvalue weighted by Gasteiger charge is -2.32. The average Bonchev–Trinajstić information content (AvgIpc) is 2.45. The quantitative estimate of drug-likeness (QED) is 0.556. The molecule has 0 bridgehead atoms. The fraction of sp³-hybridized carbons (Fsp3) is 0.833. The minimum absolute atomic E-state index is 0.0548. The molecule has 1 rings (SSSR count). The van der Waals surface area contributed by atoms with E-state index in [9.17, 15) is 9.59 Å². The fourth-order valence-corrected chi connectivity index (χ4v) is 2.43. The number of urea groups is 2. The molecule has 1 aliphatic carbocycles. The molecule has 2 atom stereocenters. The Hall–Kier alpha value is -0.880. The monoisotopic (exact) mass is 324 g/mol. The van der Waals surface area contributed by atoms with E-state index in [2.05, 4.69) is 21.3 Å². The molecule has 6 nitrogen and oxygen atoms in total. The number of carbonyl (C=O) groups excluding carboxylic acids is 2. The number of carbonyl (C=O) groups is 2. The minimum Gasteiger partial charge on any atom is -0.337 e. The van der Waals surface area contributed by atoms with Gasteiger partial charge in [-0.05, 0) is 12.8 Å². The molecule has 0 aliphatic heterocycles. The number of rotatable bonds is 6. The topological polar surface area (TPSA) is 82.3 Å². The van der Waals surface area contributed by atoms with Crippen molar-refractivity contribution in [3.63, 3.8) is 0 Å². The zero-order valence-corrected chi connectivity index (χ0v) is 12.9. The lowest BCUT2D eigenvalue weighted by Crippen LogP contribution is -2.56. The van der Waals surface area contributed by atoms with E-state index in [1.165, 1.54) is 0 Å². The molecule has 0 aromatic heterocycles. The maximum Gasteiger partial charge on any atom is 0.315 e. The second kappa shape index (κ2) is 9.94. The summed E-state index contributed by atoms with van der Waals surface area (Å²) in [6.45, 7) is 0.850. The van der Waals surface area contributed by atoms with Gasteiger partial charge in [-0.3, -0.25) is 0 Å². The number of amides is 4. The van der Waals surface area contributed by atoms with Crippen molar-refractivity contribution in [3.8, 4) is 0 Å². The van der Waals surface area contributed by atoms with Crippen LogP contribution in [0.2, 0.25) is 0 Å². The molecule has 1 aliphatic rings. The number of halogens is 2. The summed E-state index contributed by atoms with van der Waals surface area (Å²) >= 11 is 11.0. The van der Waals surface area contributed by atoms with E-state index in [0.717, 1.165) is 25.7 Å². The molecule has 8 heteroatoms. The summed E-state index contributed by atoms with van der Waals surface area (Å²) in [5.41, 5.74) is 0. The van der Waals surface area contributed by atoms with Gasteiger partial charge in [-0.25, -0.2) is 9.59 Å². The lowest BCUT2D eigenvalue weighted by atomic mass is 9.90. The Morgan fingerprint density at radius 2 is 1.25 bits per heavy atom. The standard InChI is InChI=1S/C12H22Cl2N4O2/c13-5-7-15-11(19)17-9-3-1-2-4-10(9)18-12(20)16-8-6-14/h9-10H,1-8H2,(H2,15,17,19)(H2,16,18,20). The van der Waals surface area contributed by atoms with Crippen molar-refractivity contribution in [1.82, 2.24) is 21.3 Å². The fourth-order valence-electron chi connectivity index (χ4n) is 2.24. The molecule has 0 aromatic rings. The van der Waals surface area contributed by atoms with Crippen LogP contribution in [0.25, 0.3) is 0 Å². The zero-order valence-electron chi connectivity index (χ0n) is 11.4. The second-order valence-corrected chi connectivity index (χ2v) is 5.43. The van der Waals surface area contributed by atoms with Crippen LogP contribution >= 0.6 is 23.2 Å². The molecule has 2 unspecified atom stereocenters. The summed E-state index contributed by atoms with van der Waals surface area (Å²) in [6, 6.07) is -0.599. The van der Waals surface area contributed by atoms with Crippen LogP contribution in [0.3, 0.4) is 0 Å². The summed E-state index contributed by atoms with van der Waals surface area (Å²) < 4.78 is 0. The highest BCUT2D eigenvalue weighted by Crippen LogP contribution is 2.18. The molecular formula is C12H22Cl2N4O2. The molecule has 20 heavy (non-hydrogen) atoms. The Morgan fingerprint density at radius 1 is 0.850 bits per heavy atom. The van der Waals surface area contributed by atoms with E-state index >= 15 is 0 Å². The maximum atomic E-state index is 11.6. The normalized spacial score (nSPS) is 21.9. The van der Waals surface area contributed by atoms with Crippen LogP contribution in [0.1, 0.15) is 25.7 Å². The predicted molar refractivity (Wildman–Crippen MR) is 80.6 cm³/mol. The molecular weight excluding hydrogens is 303 g/mol. The average molecular weight is 325 g/mol. The third-order valence-electron chi connectivity index (χ3n) is 3.16. The van der Waals surface area contributed by atoms with Crippen molar-refractivity contribution in [2.45, 2.75) is 37.8 Å². The van der Waals surface area contributed by atoms with Crippen LogP contribution in [-0.2, 0) is 0 Å². The van der Waals surface area contributed by atoms with Gasteiger partial charge in [0.15, 0.2) is 0 Å². The van der Waals surface area contributed by atoms with Gasteiger partial charge in [-0.15, -0.1) is 23.2 Å². The molecule has 4 amide bonds. The van der Waals surface area contributed by atoms with Crippen molar-refractivity contribution >= 4 is 35.3 Å². The van der Waals surface area contributed by atoms with Crippen molar-refractivity contribution in [3.05, 3.63) is 0 Å². The van der Waals surface area contributed by atoms with Crippen LogP contribution < -0.4 is 21.3 Å². The van der Waals surface area contributed by atoms with Gasteiger partial charge < -0.3 is 21.3 Å². The van der Waals surface area contributed by atoms with Gasteiger partial charge in [0, 0.05) is 24.8 Å². The van der Waals surface area contributed by atoms with Gasteiger partial charge in [-0.1, -0.05) is 12.8 Å². The molecule has 0 radical (unpaired) electrons. The van der Waals surface area contributed by atoms with Crippen molar-refractivity contribution in [2.24, 2.45) is 0 Å². The summed E-state index contributed by atoms with van der Waals surface area (Å²) in [6.07, 6.45) is 3.80. The summed E-state index contributed by atoms with van der Waals surface area (Å²) in [5.74, 6) is 0.751. The smallest absolute Gasteiger partial charge is 0.315 e. The molecule has 0 saturated heterocycles. The molecule has 1 saturated carbocycles. The number of nitrogens with one attached hydrogen (secondary N) is 4. The Bertz CT molecular complexity index is 288. The van der Waals surface area contributed by atoms with E-state index in [1.54, 1.807) is 0 Å². The van der Waals surface area contributed by atoms with E-state index in [-0.39, 0.29) is 24.1 Å². The van der Waals surface area contributed by atoms with Crippen LogP contribution in [-0.4, -0.2) is 49.0 Å². The van der Waals surface area contributed by atoms with Gasteiger partial charge in [0.25, 0.3) is 0 Å². The Balaban J connectivity index is 2.41. The Labute approximate surface area is 129 Å². The van der Waals surface area contributed by atoms with Gasteiger partial charge >= 0.3 is 12.1 Å². The first kappa shape index (κ1) is 17.2. The van der Waals surface area contributed by atoms with Gasteiger partial charge in [0.05, 0.1) is 12.1 Å². The lowest BCUT2D eigenvalue weighted by molar-refractivity contribution is 0.214. The highest BCUT2D eigenvalue weighted by molar-refractivity contribution is 6.18. The molecule has 1 fully saturated rings. The zero-order chi connectivity index (χ0) is 14.8. The molecule has 0 aromatic carbocycles. The summed E-state index contributed by atoms with van der Waals surface area (Å²) in [5, 5.41) is 11.1. The second-order valence-electron chi connectivity index (χ2n) is 4.68. The van der Waals surface area contributed by atoms with Crippen LogP contribution in [0.4, 0.5) is 9.59 Å². The van der Waals surface area contributed by atoms with Gasteiger partial charge in [0.1, 0.15) is 0 Å². The van der Waals surface area contributed by atoms with Gasteiger partial charge in [0.2, 0.25) is 0 Å². The largest absolute Gasteiger partial charge is 0.337 e. The van der Waals surface area contributed by atoms with Crippen LogP contribution in [0, 0.1) is 0 Å². The highest BCUT2D eigenvalue weighted by atomic mass is 35.5. The van der Waals surface area contributed by atoms with Crippen LogP contribution in [0.5, 0.6) is 0 Å². The van der Waals surface area contributed by atoms with E-state index in [1.807, 2.05) is 0 Å². The summed E-state index contributed by atoms with van der Waals surface area (Å²) in [7, 11) is 0. The Kier molecular flexibility index (Phi) is 8.53. The van der Waals surface area contributed by atoms with Crippen molar-refractivity contribution in [2.75, 3.05) is 24.8 Å². The first-order chi connectivity index (χ1) is 9.67. The van der Waals surface area contributed by atoms with Crippen molar-refractivity contribution in [1.29, 1.82) is 0 Å². The molecule has 0 heterocycles. The van der Waals surface area contributed by atoms with E-state index in [0.29, 0.717) is 24.8 Å². The first-order valence-electron chi connectivity index (χ1n) is 6.88. The van der Waals surface area contributed by atoms with E-state index < -0.39 is 0 Å². The molecule has 4 N–H and O–H groups in total. The number of alkyl halides is 2. The SMILES string of the molecule is O=C(NCCCl)NC1CCCCC1NC(=O)NCCCl. The molecule has 0 spiro atoms. The maximum absolute atomic E-state index is 11.6. The van der Waals surface area contributed by atoms with E-state index in [4.69, 9.17) is 23.2 Å². The van der Waals surface area contributed by atoms with Crippen molar-refractivity contribution < 1.29 is 9.59 Å². The third kappa shape index (κ3) is 6.52. The Morgan fingerprint density at radius 3 is 1.60 bits per heavy atom. The number of hydrogen-bond donors (Lipinski definition) is 4. The molecule has 116 valence electrons. The number of hydrogen-bond acceptors (Lipinski definition) is 2. The third-order valence-corrected chi connectivity index (χ3v) is 3.54. The first-order valence-corrected chi connectivity index (χ1v) is 7.95.